The molecule has 1 atom stereocenters. The van der Waals surface area contributed by atoms with Gasteiger partial charge in [-0.2, -0.15) is 11.8 Å². The highest BCUT2D eigenvalue weighted by molar-refractivity contribution is 8.00. The summed E-state index contributed by atoms with van der Waals surface area (Å²) in [5, 5.41) is 3.64. The van der Waals surface area contributed by atoms with Crippen LogP contribution in [0.3, 0.4) is 0 Å². The predicted octanol–water partition coefficient (Wildman–Crippen LogP) is 1.20. The molecular weight excluding hydrogens is 208 g/mol. The lowest BCUT2D eigenvalue weighted by Crippen LogP contribution is -2.44. The monoisotopic (exact) mass is 230 g/mol. The van der Waals surface area contributed by atoms with Gasteiger partial charge in [0.05, 0.1) is 0 Å². The first-order valence-electron chi connectivity index (χ1n) is 5.69. The third-order valence-electron chi connectivity index (χ3n) is 2.78. The van der Waals surface area contributed by atoms with Gasteiger partial charge in [-0.05, 0) is 13.0 Å². The smallest absolute Gasteiger partial charge is 0.223 e. The third-order valence-corrected chi connectivity index (χ3v) is 4.32. The second kappa shape index (κ2) is 6.38. The van der Waals surface area contributed by atoms with Crippen molar-refractivity contribution in [1.29, 1.82) is 0 Å². The second-order valence-electron chi connectivity index (χ2n) is 4.35. The molecule has 4 heteroatoms. The molecule has 15 heavy (non-hydrogen) atoms. The molecule has 3 nitrogen and oxygen atoms in total. The molecule has 0 aromatic carbocycles. The van der Waals surface area contributed by atoms with Gasteiger partial charge < -0.3 is 10.2 Å². The first kappa shape index (κ1) is 12.8. The minimum Gasteiger partial charge on any atom is -0.341 e. The Bertz CT molecular complexity index is 209. The highest BCUT2D eigenvalue weighted by Crippen LogP contribution is 2.25. The topological polar surface area (TPSA) is 32.3 Å². The van der Waals surface area contributed by atoms with Crippen LogP contribution in [0, 0.1) is 5.92 Å². The lowest BCUT2D eigenvalue weighted by Gasteiger charge is -2.34. The lowest BCUT2D eigenvalue weighted by molar-refractivity contribution is -0.131. The van der Waals surface area contributed by atoms with E-state index in [1.165, 1.54) is 0 Å². The zero-order chi connectivity index (χ0) is 11.3. The van der Waals surface area contributed by atoms with Crippen molar-refractivity contribution in [2.75, 3.05) is 32.4 Å². The van der Waals surface area contributed by atoms with Crippen LogP contribution in [0.5, 0.6) is 0 Å². The predicted molar refractivity (Wildman–Crippen MR) is 66.2 cm³/mol. The first-order valence-corrected chi connectivity index (χ1v) is 6.74. The van der Waals surface area contributed by atoms with Crippen molar-refractivity contribution in [3.8, 4) is 0 Å². The molecule has 1 aliphatic rings. The van der Waals surface area contributed by atoms with Crippen LogP contribution in [0.25, 0.3) is 0 Å². The maximum Gasteiger partial charge on any atom is 0.223 e. The molecule has 1 fully saturated rings. The van der Waals surface area contributed by atoms with E-state index in [1.807, 2.05) is 23.7 Å². The summed E-state index contributed by atoms with van der Waals surface area (Å²) >= 11 is 2.01. The lowest BCUT2D eigenvalue weighted by atomic mass is 10.1. The van der Waals surface area contributed by atoms with Gasteiger partial charge >= 0.3 is 0 Å². The molecule has 1 N–H and O–H groups in total. The second-order valence-corrected chi connectivity index (χ2v) is 5.69. The van der Waals surface area contributed by atoms with Gasteiger partial charge in [0.15, 0.2) is 0 Å². The van der Waals surface area contributed by atoms with Crippen LogP contribution in [0.2, 0.25) is 0 Å². The molecule has 0 spiro atoms. The van der Waals surface area contributed by atoms with Gasteiger partial charge in [0.2, 0.25) is 5.91 Å². The van der Waals surface area contributed by atoms with Crippen LogP contribution in [0.4, 0.5) is 0 Å². The Balaban J connectivity index is 2.38. The minimum atomic E-state index is 0.301. The quantitative estimate of drug-likeness (QED) is 0.787. The van der Waals surface area contributed by atoms with E-state index in [0.29, 0.717) is 23.5 Å². The fourth-order valence-electron chi connectivity index (χ4n) is 1.70. The molecule has 0 aromatic heterocycles. The summed E-state index contributed by atoms with van der Waals surface area (Å²) in [4.78, 5) is 13.8. The van der Waals surface area contributed by atoms with Gasteiger partial charge in [-0.15, -0.1) is 0 Å². The van der Waals surface area contributed by atoms with E-state index in [4.69, 9.17) is 0 Å². The average Bonchev–Trinajstić information content (AvgIpc) is 2.26. The summed E-state index contributed by atoms with van der Waals surface area (Å²) in [6.45, 7) is 7.12. The van der Waals surface area contributed by atoms with E-state index in [9.17, 15) is 4.79 Å². The molecule has 1 saturated heterocycles. The molecule has 0 bridgehead atoms. The summed E-state index contributed by atoms with van der Waals surface area (Å²) in [6.07, 6.45) is 0.631. The number of rotatable bonds is 4. The van der Waals surface area contributed by atoms with Gasteiger partial charge in [0.25, 0.3) is 0 Å². The highest BCUT2D eigenvalue weighted by Gasteiger charge is 2.25. The molecule has 1 aliphatic heterocycles. The largest absolute Gasteiger partial charge is 0.341 e. The molecule has 0 aliphatic carbocycles. The summed E-state index contributed by atoms with van der Waals surface area (Å²) in [5.74, 6) is 2.05. The Hall–Kier alpha value is -0.220. The maximum absolute atomic E-state index is 11.8. The first-order chi connectivity index (χ1) is 7.15. The molecule has 0 aromatic rings. The number of nitrogens with one attached hydrogen (secondary N) is 1. The van der Waals surface area contributed by atoms with E-state index in [0.717, 1.165) is 25.4 Å². The molecule has 1 unspecified atom stereocenters. The zero-order valence-electron chi connectivity index (χ0n) is 9.95. The zero-order valence-corrected chi connectivity index (χ0v) is 10.8. The van der Waals surface area contributed by atoms with E-state index in [2.05, 4.69) is 19.2 Å². The Morgan fingerprint density at radius 2 is 2.33 bits per heavy atom. The normalized spacial score (nSPS) is 22.1. The van der Waals surface area contributed by atoms with Gasteiger partial charge in [-0.1, -0.05) is 13.8 Å². The van der Waals surface area contributed by atoms with Crippen LogP contribution >= 0.6 is 11.8 Å². The molecule has 0 radical (unpaired) electrons. The molecule has 88 valence electrons. The molecule has 1 rings (SSSR count). The van der Waals surface area contributed by atoms with Gasteiger partial charge in [0, 0.05) is 37.1 Å². The van der Waals surface area contributed by atoms with Crippen molar-refractivity contribution < 1.29 is 4.79 Å². The van der Waals surface area contributed by atoms with Crippen LogP contribution in [-0.4, -0.2) is 48.5 Å². The summed E-state index contributed by atoms with van der Waals surface area (Å²) < 4.78 is 0. The van der Waals surface area contributed by atoms with Gasteiger partial charge in [-0.3, -0.25) is 4.79 Å². The number of amides is 1. The van der Waals surface area contributed by atoms with Crippen molar-refractivity contribution in [2.45, 2.75) is 25.5 Å². The number of thioether (sulfide) groups is 1. The van der Waals surface area contributed by atoms with Crippen molar-refractivity contribution in [3.63, 3.8) is 0 Å². The number of hydrogen-bond acceptors (Lipinski definition) is 3. The fraction of sp³-hybridized carbons (Fsp3) is 0.909. The Labute approximate surface area is 97.0 Å². The van der Waals surface area contributed by atoms with Crippen molar-refractivity contribution in [1.82, 2.24) is 10.2 Å². The number of carbonyl (C=O) groups excluding carboxylic acids is 1. The maximum atomic E-state index is 11.8. The summed E-state index contributed by atoms with van der Waals surface area (Å²) in [5.41, 5.74) is 0. The summed E-state index contributed by atoms with van der Waals surface area (Å²) in [7, 11) is 1.89. The van der Waals surface area contributed by atoms with Gasteiger partial charge in [-0.25, -0.2) is 0 Å². The number of nitrogens with zero attached hydrogens (tertiary/aromatic N) is 1. The summed E-state index contributed by atoms with van der Waals surface area (Å²) in [6, 6.07) is 0. The molecule has 1 heterocycles. The average molecular weight is 230 g/mol. The van der Waals surface area contributed by atoms with Crippen LogP contribution in [0.1, 0.15) is 20.3 Å². The minimum absolute atomic E-state index is 0.301. The molecule has 0 saturated carbocycles. The van der Waals surface area contributed by atoms with Crippen molar-refractivity contribution in [3.05, 3.63) is 0 Å². The van der Waals surface area contributed by atoms with E-state index in [-0.39, 0.29) is 0 Å². The number of carbonyl (C=O) groups is 1. The molecular formula is C11H22N2OS. The van der Waals surface area contributed by atoms with Crippen molar-refractivity contribution >= 4 is 17.7 Å². The van der Waals surface area contributed by atoms with Crippen LogP contribution < -0.4 is 5.32 Å². The highest BCUT2D eigenvalue weighted by atomic mass is 32.2. The van der Waals surface area contributed by atoms with E-state index in [1.54, 1.807) is 0 Å². The standard InChI is InChI=1S/C11H22N2OS/c1-9(2)10-8-13(6-7-15-10)11(14)4-5-12-3/h9-10,12H,4-8H2,1-3H3. The van der Waals surface area contributed by atoms with Gasteiger partial charge in [0.1, 0.15) is 0 Å². The Morgan fingerprint density at radius 3 is 2.93 bits per heavy atom. The third kappa shape index (κ3) is 4.03. The molecule has 1 amide bonds. The Kier molecular flexibility index (Phi) is 5.47. The van der Waals surface area contributed by atoms with E-state index < -0.39 is 0 Å². The van der Waals surface area contributed by atoms with E-state index >= 15 is 0 Å². The Morgan fingerprint density at radius 1 is 1.60 bits per heavy atom. The van der Waals surface area contributed by atoms with Crippen LogP contribution in [0.15, 0.2) is 0 Å². The number of hydrogen-bond donors (Lipinski definition) is 1. The van der Waals surface area contributed by atoms with Crippen LogP contribution in [-0.2, 0) is 4.79 Å². The SMILES string of the molecule is CNCCC(=O)N1CCSC(C(C)C)C1. The van der Waals surface area contributed by atoms with Crippen molar-refractivity contribution in [2.24, 2.45) is 5.92 Å². The fourth-order valence-corrected chi connectivity index (χ4v) is 2.99.